The summed E-state index contributed by atoms with van der Waals surface area (Å²) in [5.41, 5.74) is 0.958. The number of sulfone groups is 1. The van der Waals surface area contributed by atoms with Crippen molar-refractivity contribution in [3.8, 4) is 5.75 Å². The minimum absolute atomic E-state index is 0.112. The molecular formula is C18H18N2O5S. The topological polar surface area (TPSA) is 92.8 Å². The number of nitrogens with one attached hydrogen (secondary N) is 1. The van der Waals surface area contributed by atoms with Gasteiger partial charge in [-0.1, -0.05) is 24.3 Å². The Morgan fingerprint density at radius 2 is 1.88 bits per heavy atom. The van der Waals surface area contributed by atoms with E-state index in [1.54, 1.807) is 43.4 Å². The Bertz CT molecular complexity index is 941. The quantitative estimate of drug-likeness (QED) is 0.862. The van der Waals surface area contributed by atoms with E-state index >= 15 is 0 Å². The number of para-hydroxylation sites is 1. The van der Waals surface area contributed by atoms with Gasteiger partial charge in [-0.05, 0) is 24.3 Å². The third kappa shape index (κ3) is 3.70. The third-order valence-corrected chi connectivity index (χ3v) is 5.78. The molecule has 2 amide bonds. The number of carbonyl (C=O) groups excluding carboxylic acids is 2. The number of ether oxygens (including phenoxy) is 1. The number of nitrogens with zero attached hydrogens (tertiary/aromatic N) is 1. The molecule has 0 bridgehead atoms. The van der Waals surface area contributed by atoms with Gasteiger partial charge in [0.25, 0.3) is 5.91 Å². The first-order valence-corrected chi connectivity index (χ1v) is 9.64. The lowest BCUT2D eigenvalue weighted by atomic mass is 10.2. The summed E-state index contributed by atoms with van der Waals surface area (Å²) < 4.78 is 29.9. The number of anilines is 2. The Morgan fingerprint density at radius 1 is 1.15 bits per heavy atom. The Labute approximate surface area is 151 Å². The summed E-state index contributed by atoms with van der Waals surface area (Å²) in [5.74, 6) is -0.526. The molecule has 1 aliphatic heterocycles. The van der Waals surface area contributed by atoms with Crippen molar-refractivity contribution in [3.63, 3.8) is 0 Å². The van der Waals surface area contributed by atoms with Crippen LogP contribution in [0.5, 0.6) is 5.75 Å². The molecular weight excluding hydrogens is 356 g/mol. The lowest BCUT2D eigenvalue weighted by molar-refractivity contribution is -0.121. The zero-order chi connectivity index (χ0) is 18.7. The molecule has 7 nitrogen and oxygen atoms in total. The van der Waals surface area contributed by atoms with Gasteiger partial charge in [-0.15, -0.1) is 0 Å². The molecule has 136 valence electrons. The zero-order valence-corrected chi connectivity index (χ0v) is 15.0. The maximum Gasteiger partial charge on any atom is 0.264 e. The number of rotatable bonds is 5. The highest BCUT2D eigenvalue weighted by molar-refractivity contribution is 7.91. The number of hydrogen-bond donors (Lipinski definition) is 1. The summed E-state index contributed by atoms with van der Waals surface area (Å²) in [7, 11) is -1.90. The predicted molar refractivity (Wildman–Crippen MR) is 97.1 cm³/mol. The standard InChI is InChI=1S/C18H18N2O5S/c1-20-15-9-5-8-14(18(15)25-12-17(20)22)19-16(21)10-11-26(23,24)13-6-3-2-4-7-13/h2-9H,10-12H2,1H3,(H,19,21). The first-order chi connectivity index (χ1) is 12.4. The number of hydrogen-bond acceptors (Lipinski definition) is 5. The molecule has 0 fully saturated rings. The normalized spacial score (nSPS) is 13.7. The van der Waals surface area contributed by atoms with E-state index in [1.807, 2.05) is 0 Å². The molecule has 0 aliphatic carbocycles. The lowest BCUT2D eigenvalue weighted by Gasteiger charge is -2.27. The molecule has 0 aromatic heterocycles. The highest BCUT2D eigenvalue weighted by Gasteiger charge is 2.25. The largest absolute Gasteiger partial charge is 0.479 e. The average molecular weight is 374 g/mol. The van der Waals surface area contributed by atoms with Crippen LogP contribution in [0.25, 0.3) is 0 Å². The monoisotopic (exact) mass is 374 g/mol. The summed E-state index contributed by atoms with van der Waals surface area (Å²) in [6.07, 6.45) is -0.185. The fraction of sp³-hybridized carbons (Fsp3) is 0.222. The van der Waals surface area contributed by atoms with Gasteiger partial charge in [0.2, 0.25) is 5.91 Å². The van der Waals surface area contributed by atoms with E-state index in [-0.39, 0.29) is 29.6 Å². The van der Waals surface area contributed by atoms with E-state index in [9.17, 15) is 18.0 Å². The van der Waals surface area contributed by atoms with Crippen LogP contribution in [0.2, 0.25) is 0 Å². The molecule has 1 heterocycles. The minimum Gasteiger partial charge on any atom is -0.479 e. The number of benzene rings is 2. The predicted octanol–water partition coefficient (Wildman–Crippen LogP) is 1.84. The fourth-order valence-electron chi connectivity index (χ4n) is 2.59. The van der Waals surface area contributed by atoms with Crippen molar-refractivity contribution in [2.45, 2.75) is 11.3 Å². The number of carbonyl (C=O) groups is 2. The molecule has 2 aromatic rings. The van der Waals surface area contributed by atoms with Gasteiger partial charge < -0.3 is 15.0 Å². The van der Waals surface area contributed by atoms with Crippen molar-refractivity contribution in [2.24, 2.45) is 0 Å². The summed E-state index contributed by atoms with van der Waals surface area (Å²) in [6.45, 7) is -0.112. The van der Waals surface area contributed by atoms with Crippen molar-refractivity contribution in [2.75, 3.05) is 29.6 Å². The van der Waals surface area contributed by atoms with Crippen LogP contribution in [0.1, 0.15) is 6.42 Å². The Hall–Kier alpha value is -2.87. The molecule has 26 heavy (non-hydrogen) atoms. The second-order valence-corrected chi connectivity index (χ2v) is 7.93. The van der Waals surface area contributed by atoms with Crippen LogP contribution in [-0.2, 0) is 19.4 Å². The molecule has 0 saturated heterocycles. The van der Waals surface area contributed by atoms with Crippen LogP contribution in [0.15, 0.2) is 53.4 Å². The van der Waals surface area contributed by atoms with Gasteiger partial charge in [0, 0.05) is 13.5 Å². The molecule has 8 heteroatoms. The number of likely N-dealkylation sites (N-methyl/N-ethyl adjacent to an activating group) is 1. The molecule has 0 unspecified atom stereocenters. The Morgan fingerprint density at radius 3 is 2.62 bits per heavy atom. The SMILES string of the molecule is CN1C(=O)COc2c(NC(=O)CCS(=O)(=O)c3ccccc3)cccc21. The molecule has 0 atom stereocenters. The smallest absolute Gasteiger partial charge is 0.264 e. The van der Waals surface area contributed by atoms with Crippen molar-refractivity contribution >= 4 is 33.0 Å². The van der Waals surface area contributed by atoms with Gasteiger partial charge in [0.15, 0.2) is 22.2 Å². The van der Waals surface area contributed by atoms with Crippen LogP contribution >= 0.6 is 0 Å². The maximum absolute atomic E-state index is 12.3. The summed E-state index contributed by atoms with van der Waals surface area (Å²) in [6, 6.07) is 13.0. The first-order valence-electron chi connectivity index (χ1n) is 7.98. The fourth-order valence-corrected chi connectivity index (χ4v) is 3.85. The van der Waals surface area contributed by atoms with Crippen molar-refractivity contribution in [3.05, 3.63) is 48.5 Å². The van der Waals surface area contributed by atoms with Gasteiger partial charge in [-0.3, -0.25) is 9.59 Å². The number of fused-ring (bicyclic) bond motifs is 1. The van der Waals surface area contributed by atoms with Crippen LogP contribution in [0.4, 0.5) is 11.4 Å². The lowest BCUT2D eigenvalue weighted by Crippen LogP contribution is -2.35. The van der Waals surface area contributed by atoms with E-state index in [1.165, 1.54) is 17.0 Å². The molecule has 0 saturated carbocycles. The average Bonchev–Trinajstić information content (AvgIpc) is 2.64. The van der Waals surface area contributed by atoms with E-state index in [0.717, 1.165) is 0 Å². The molecule has 0 radical (unpaired) electrons. The molecule has 1 N–H and O–H groups in total. The second-order valence-electron chi connectivity index (χ2n) is 5.83. The Balaban J connectivity index is 1.69. The van der Waals surface area contributed by atoms with Crippen molar-refractivity contribution in [1.29, 1.82) is 0 Å². The summed E-state index contributed by atoms with van der Waals surface area (Å²) in [4.78, 5) is 25.5. The molecule has 3 rings (SSSR count). The van der Waals surface area contributed by atoms with Gasteiger partial charge in [0.1, 0.15) is 0 Å². The van der Waals surface area contributed by atoms with E-state index < -0.39 is 15.7 Å². The van der Waals surface area contributed by atoms with Crippen LogP contribution < -0.4 is 15.0 Å². The van der Waals surface area contributed by atoms with Gasteiger partial charge >= 0.3 is 0 Å². The summed E-state index contributed by atoms with van der Waals surface area (Å²) >= 11 is 0. The third-order valence-electron chi connectivity index (χ3n) is 4.04. The second kappa shape index (κ2) is 7.17. The molecule has 0 spiro atoms. The van der Waals surface area contributed by atoms with Gasteiger partial charge in [-0.25, -0.2) is 8.42 Å². The highest BCUT2D eigenvalue weighted by atomic mass is 32.2. The number of amides is 2. The van der Waals surface area contributed by atoms with E-state index in [4.69, 9.17) is 4.74 Å². The van der Waals surface area contributed by atoms with Gasteiger partial charge in [0.05, 0.1) is 22.0 Å². The molecule has 1 aliphatic rings. The minimum atomic E-state index is -3.53. The van der Waals surface area contributed by atoms with Crippen LogP contribution in [-0.4, -0.2) is 39.6 Å². The maximum atomic E-state index is 12.3. The van der Waals surface area contributed by atoms with Crippen LogP contribution in [0, 0.1) is 0 Å². The van der Waals surface area contributed by atoms with Gasteiger partial charge in [-0.2, -0.15) is 0 Å². The highest BCUT2D eigenvalue weighted by Crippen LogP contribution is 2.38. The van der Waals surface area contributed by atoms with Crippen LogP contribution in [0.3, 0.4) is 0 Å². The Kier molecular flexibility index (Phi) is 4.94. The first kappa shape index (κ1) is 17.9. The zero-order valence-electron chi connectivity index (χ0n) is 14.1. The van der Waals surface area contributed by atoms with E-state index in [2.05, 4.69) is 5.32 Å². The van der Waals surface area contributed by atoms with Crippen molar-refractivity contribution in [1.82, 2.24) is 0 Å². The molecule has 2 aromatic carbocycles. The van der Waals surface area contributed by atoms with E-state index in [0.29, 0.717) is 17.1 Å². The summed E-state index contributed by atoms with van der Waals surface area (Å²) in [5, 5.41) is 2.66. The van der Waals surface area contributed by atoms with Crippen molar-refractivity contribution < 1.29 is 22.7 Å².